The van der Waals surface area contributed by atoms with Crippen LogP contribution in [0.5, 0.6) is 0 Å². The maximum absolute atomic E-state index is 5.94. The smallest absolute Gasteiger partial charge is 0.147 e. The Morgan fingerprint density at radius 1 is 1.06 bits per heavy atom. The van der Waals surface area contributed by atoms with E-state index in [0.29, 0.717) is 5.82 Å². The van der Waals surface area contributed by atoms with Gasteiger partial charge >= 0.3 is 0 Å². The fourth-order valence-corrected chi connectivity index (χ4v) is 1.63. The van der Waals surface area contributed by atoms with Gasteiger partial charge in [-0.1, -0.05) is 29.8 Å². The summed E-state index contributed by atoms with van der Waals surface area (Å²) in [4.78, 5) is 8.64. The number of aryl methyl sites for hydroxylation is 1. The molecule has 88 valence electrons. The van der Waals surface area contributed by atoms with Crippen LogP contribution in [0.1, 0.15) is 25.2 Å². The molecule has 0 aliphatic heterocycles. The van der Waals surface area contributed by atoms with Gasteiger partial charge in [0.25, 0.3) is 0 Å². The van der Waals surface area contributed by atoms with Crippen LogP contribution >= 0.6 is 0 Å². The van der Waals surface area contributed by atoms with Gasteiger partial charge in [0.1, 0.15) is 5.82 Å². The van der Waals surface area contributed by atoms with E-state index in [1.807, 2.05) is 32.3 Å². The van der Waals surface area contributed by atoms with E-state index in [4.69, 9.17) is 5.73 Å². The number of aromatic nitrogens is 2. The molecule has 17 heavy (non-hydrogen) atoms. The van der Waals surface area contributed by atoms with Gasteiger partial charge in [-0.05, 0) is 26.3 Å². The molecular weight excluding hydrogens is 210 g/mol. The molecule has 0 fully saturated rings. The molecule has 0 atom stereocenters. The number of rotatable bonds is 2. The Bertz CT molecular complexity index is 510. The monoisotopic (exact) mass is 227 g/mol. The Morgan fingerprint density at radius 3 is 2.24 bits per heavy atom. The summed E-state index contributed by atoms with van der Waals surface area (Å²) in [7, 11) is 0. The minimum atomic E-state index is -0.495. The molecule has 0 radical (unpaired) electrons. The van der Waals surface area contributed by atoms with Gasteiger partial charge in [0.05, 0.1) is 5.54 Å². The van der Waals surface area contributed by atoms with Crippen molar-refractivity contribution in [3.8, 4) is 11.1 Å². The predicted molar refractivity (Wildman–Crippen MR) is 69.4 cm³/mol. The summed E-state index contributed by atoms with van der Waals surface area (Å²) in [5.74, 6) is 0.661. The van der Waals surface area contributed by atoms with Crippen molar-refractivity contribution in [2.24, 2.45) is 5.73 Å². The number of hydrogen-bond donors (Lipinski definition) is 1. The second kappa shape index (κ2) is 4.26. The Hall–Kier alpha value is -1.74. The molecule has 1 heterocycles. The van der Waals surface area contributed by atoms with Crippen molar-refractivity contribution in [1.29, 1.82) is 0 Å². The molecule has 0 spiro atoms. The van der Waals surface area contributed by atoms with Crippen molar-refractivity contribution in [1.82, 2.24) is 9.97 Å². The first-order valence-corrected chi connectivity index (χ1v) is 5.65. The summed E-state index contributed by atoms with van der Waals surface area (Å²) in [6.45, 7) is 5.87. The lowest BCUT2D eigenvalue weighted by Crippen LogP contribution is -2.31. The Morgan fingerprint density at radius 2 is 1.71 bits per heavy atom. The van der Waals surface area contributed by atoms with E-state index in [2.05, 4.69) is 35.1 Å². The third-order valence-electron chi connectivity index (χ3n) is 2.58. The van der Waals surface area contributed by atoms with Crippen LogP contribution in [0.2, 0.25) is 0 Å². The van der Waals surface area contributed by atoms with Crippen molar-refractivity contribution in [2.45, 2.75) is 26.3 Å². The van der Waals surface area contributed by atoms with Gasteiger partial charge in [-0.15, -0.1) is 0 Å². The third kappa shape index (κ3) is 2.68. The molecule has 1 aromatic carbocycles. The molecule has 1 aromatic heterocycles. The number of hydrogen-bond acceptors (Lipinski definition) is 3. The third-order valence-corrected chi connectivity index (χ3v) is 2.58. The van der Waals surface area contributed by atoms with Crippen LogP contribution < -0.4 is 5.73 Å². The molecule has 0 saturated carbocycles. The molecule has 0 saturated heterocycles. The highest BCUT2D eigenvalue weighted by Gasteiger charge is 2.17. The van der Waals surface area contributed by atoms with Crippen LogP contribution in [0.4, 0.5) is 0 Å². The summed E-state index contributed by atoms with van der Waals surface area (Å²) in [5, 5.41) is 0. The maximum Gasteiger partial charge on any atom is 0.147 e. The fraction of sp³-hybridized carbons (Fsp3) is 0.286. The molecule has 3 nitrogen and oxygen atoms in total. The van der Waals surface area contributed by atoms with Crippen LogP contribution in [-0.4, -0.2) is 9.97 Å². The van der Waals surface area contributed by atoms with Gasteiger partial charge in [-0.3, -0.25) is 0 Å². The molecule has 2 N–H and O–H groups in total. The van der Waals surface area contributed by atoms with Gasteiger partial charge < -0.3 is 5.73 Å². The fourth-order valence-electron chi connectivity index (χ4n) is 1.63. The number of nitrogens with two attached hydrogens (primary N) is 1. The molecule has 2 rings (SSSR count). The van der Waals surface area contributed by atoms with Crippen molar-refractivity contribution in [3.63, 3.8) is 0 Å². The van der Waals surface area contributed by atoms with Gasteiger partial charge in [0.2, 0.25) is 0 Å². The van der Waals surface area contributed by atoms with E-state index in [1.54, 1.807) is 0 Å². The van der Waals surface area contributed by atoms with Crippen LogP contribution in [-0.2, 0) is 5.54 Å². The molecule has 0 amide bonds. The maximum atomic E-state index is 5.94. The molecule has 0 unspecified atom stereocenters. The van der Waals surface area contributed by atoms with E-state index >= 15 is 0 Å². The Kier molecular flexibility index (Phi) is 2.94. The normalized spacial score (nSPS) is 11.5. The average Bonchev–Trinajstić information content (AvgIpc) is 2.28. The summed E-state index contributed by atoms with van der Waals surface area (Å²) >= 11 is 0. The van der Waals surface area contributed by atoms with Crippen molar-refractivity contribution in [3.05, 3.63) is 48.0 Å². The van der Waals surface area contributed by atoms with E-state index in [-0.39, 0.29) is 0 Å². The lowest BCUT2D eigenvalue weighted by molar-refractivity contribution is 0.514. The highest BCUT2D eigenvalue weighted by Crippen LogP contribution is 2.20. The molecule has 3 heteroatoms. The average molecular weight is 227 g/mol. The van der Waals surface area contributed by atoms with Crippen molar-refractivity contribution >= 4 is 0 Å². The summed E-state index contributed by atoms with van der Waals surface area (Å²) < 4.78 is 0. The van der Waals surface area contributed by atoms with Crippen LogP contribution in [0.15, 0.2) is 36.7 Å². The standard InChI is InChI=1S/C14H17N3/c1-10-5-4-6-11(7-10)12-8-16-13(17-9-12)14(2,3)15/h4-9H,15H2,1-3H3. The minimum absolute atomic E-state index is 0.495. The Labute approximate surface area is 102 Å². The summed E-state index contributed by atoms with van der Waals surface area (Å²) in [5.41, 5.74) is 8.82. The largest absolute Gasteiger partial charge is 0.319 e. The van der Waals surface area contributed by atoms with Gasteiger partial charge in [0, 0.05) is 18.0 Å². The first-order chi connectivity index (χ1) is 7.97. The van der Waals surface area contributed by atoms with E-state index < -0.39 is 5.54 Å². The second-order valence-corrected chi connectivity index (χ2v) is 4.89. The molecule has 0 aliphatic carbocycles. The lowest BCUT2D eigenvalue weighted by atomic mass is 10.0. The topological polar surface area (TPSA) is 51.8 Å². The molecule has 0 aliphatic rings. The van der Waals surface area contributed by atoms with E-state index in [0.717, 1.165) is 11.1 Å². The first kappa shape index (κ1) is 11.7. The van der Waals surface area contributed by atoms with E-state index in [1.165, 1.54) is 5.56 Å². The molecule has 0 bridgehead atoms. The molecule has 2 aromatic rings. The minimum Gasteiger partial charge on any atom is -0.319 e. The summed E-state index contributed by atoms with van der Waals surface area (Å²) in [6, 6.07) is 8.28. The van der Waals surface area contributed by atoms with Gasteiger partial charge in [0.15, 0.2) is 0 Å². The van der Waals surface area contributed by atoms with E-state index in [9.17, 15) is 0 Å². The second-order valence-electron chi connectivity index (χ2n) is 4.89. The zero-order valence-electron chi connectivity index (χ0n) is 10.4. The van der Waals surface area contributed by atoms with Gasteiger partial charge in [-0.25, -0.2) is 9.97 Å². The lowest BCUT2D eigenvalue weighted by Gasteiger charge is -2.16. The predicted octanol–water partition coefficient (Wildman–Crippen LogP) is 2.65. The highest BCUT2D eigenvalue weighted by molar-refractivity contribution is 5.62. The quantitative estimate of drug-likeness (QED) is 0.858. The van der Waals surface area contributed by atoms with Crippen molar-refractivity contribution < 1.29 is 0 Å². The summed E-state index contributed by atoms with van der Waals surface area (Å²) in [6.07, 6.45) is 3.65. The van der Waals surface area contributed by atoms with Crippen LogP contribution in [0.25, 0.3) is 11.1 Å². The van der Waals surface area contributed by atoms with Gasteiger partial charge in [-0.2, -0.15) is 0 Å². The SMILES string of the molecule is Cc1cccc(-c2cnc(C(C)(C)N)nc2)c1. The van der Waals surface area contributed by atoms with Crippen LogP contribution in [0, 0.1) is 6.92 Å². The first-order valence-electron chi connectivity index (χ1n) is 5.65. The van der Waals surface area contributed by atoms with Crippen LogP contribution in [0.3, 0.4) is 0 Å². The number of nitrogens with zero attached hydrogens (tertiary/aromatic N) is 2. The zero-order valence-corrected chi connectivity index (χ0v) is 10.4. The Balaban J connectivity index is 2.36. The zero-order chi connectivity index (χ0) is 12.5. The highest BCUT2D eigenvalue weighted by atomic mass is 14.9. The number of benzene rings is 1. The molecular formula is C14H17N3. The van der Waals surface area contributed by atoms with Crippen molar-refractivity contribution in [2.75, 3.05) is 0 Å².